The van der Waals surface area contributed by atoms with Gasteiger partial charge < -0.3 is 4.74 Å². The van der Waals surface area contributed by atoms with Gasteiger partial charge in [-0.05, 0) is 32.4 Å². The molecule has 0 fully saturated rings. The summed E-state index contributed by atoms with van der Waals surface area (Å²) in [4.78, 5) is 12.4. The van der Waals surface area contributed by atoms with E-state index in [1.54, 1.807) is 0 Å². The molecule has 0 aromatic heterocycles. The normalized spacial score (nSPS) is 11.6. The topological polar surface area (TPSA) is 26.3 Å². The Labute approximate surface area is 104 Å². The molecule has 1 aromatic carbocycles. The molecule has 0 N–H and O–H groups in total. The molecule has 1 aromatic rings. The van der Waals surface area contributed by atoms with Crippen molar-refractivity contribution in [2.45, 2.75) is 47.1 Å². The summed E-state index contributed by atoms with van der Waals surface area (Å²) in [5, 5.41) is 0. The Bertz CT molecular complexity index is 392. The third-order valence-electron chi connectivity index (χ3n) is 2.99. The van der Waals surface area contributed by atoms with Crippen LogP contribution in [0.4, 0.5) is 0 Å². The van der Waals surface area contributed by atoms with Crippen LogP contribution >= 0.6 is 0 Å². The number of Topliss-reactive ketones (excluding diaryl/α,β-unsaturated/α-hetero) is 1. The smallest absolute Gasteiger partial charge is 0.172 e. The van der Waals surface area contributed by atoms with Gasteiger partial charge in [-0.15, -0.1) is 0 Å². The first-order chi connectivity index (χ1) is 7.88. The second-order valence-electron chi connectivity index (χ2n) is 5.23. The van der Waals surface area contributed by atoms with E-state index in [0.29, 0.717) is 11.3 Å². The van der Waals surface area contributed by atoms with E-state index in [9.17, 15) is 4.79 Å². The Morgan fingerprint density at radius 2 is 1.88 bits per heavy atom. The predicted octanol–water partition coefficient (Wildman–Crippen LogP) is 4.09. The fourth-order valence-electron chi connectivity index (χ4n) is 1.54. The fraction of sp³-hybridized carbons (Fsp3) is 0.533. The van der Waals surface area contributed by atoms with Gasteiger partial charge in [0, 0.05) is 5.41 Å². The SMILES string of the molecule is CCC(C)(C)C(=O)c1ccccc1OC(C)C. The first kappa shape index (κ1) is 13.8. The van der Waals surface area contributed by atoms with Crippen molar-refractivity contribution in [1.29, 1.82) is 0 Å². The zero-order chi connectivity index (χ0) is 13.1. The standard InChI is InChI=1S/C15H22O2/c1-6-15(4,5)14(16)12-9-7-8-10-13(12)17-11(2)3/h7-11H,6H2,1-5H3. The minimum atomic E-state index is -0.337. The molecule has 0 saturated carbocycles. The van der Waals surface area contributed by atoms with Crippen molar-refractivity contribution in [3.8, 4) is 5.75 Å². The second kappa shape index (κ2) is 5.35. The molecule has 0 bridgehead atoms. The summed E-state index contributed by atoms with van der Waals surface area (Å²) < 4.78 is 5.69. The van der Waals surface area contributed by atoms with E-state index in [1.807, 2.05) is 58.9 Å². The zero-order valence-electron chi connectivity index (χ0n) is 11.4. The third kappa shape index (κ3) is 3.32. The first-order valence-electron chi connectivity index (χ1n) is 6.19. The number of ketones is 1. The predicted molar refractivity (Wildman–Crippen MR) is 70.6 cm³/mol. The number of hydrogen-bond acceptors (Lipinski definition) is 2. The highest BCUT2D eigenvalue weighted by molar-refractivity contribution is 6.02. The van der Waals surface area contributed by atoms with Crippen molar-refractivity contribution in [3.05, 3.63) is 29.8 Å². The number of carbonyl (C=O) groups excluding carboxylic acids is 1. The van der Waals surface area contributed by atoms with Crippen molar-refractivity contribution >= 4 is 5.78 Å². The molecule has 0 saturated heterocycles. The van der Waals surface area contributed by atoms with Gasteiger partial charge in [-0.2, -0.15) is 0 Å². The van der Waals surface area contributed by atoms with Crippen LogP contribution in [0, 0.1) is 5.41 Å². The molecule has 0 aliphatic heterocycles. The summed E-state index contributed by atoms with van der Waals surface area (Å²) in [5.74, 6) is 0.838. The maximum absolute atomic E-state index is 12.4. The quantitative estimate of drug-likeness (QED) is 0.717. The lowest BCUT2D eigenvalue weighted by molar-refractivity contribution is 0.0827. The summed E-state index contributed by atoms with van der Waals surface area (Å²) in [7, 11) is 0. The molecule has 2 heteroatoms. The molecule has 17 heavy (non-hydrogen) atoms. The molecule has 2 nitrogen and oxygen atoms in total. The van der Waals surface area contributed by atoms with Crippen LogP contribution in [-0.2, 0) is 0 Å². The van der Waals surface area contributed by atoms with Crippen LogP contribution in [0.25, 0.3) is 0 Å². The highest BCUT2D eigenvalue weighted by Gasteiger charge is 2.28. The Morgan fingerprint density at radius 3 is 2.41 bits per heavy atom. The van der Waals surface area contributed by atoms with Crippen LogP contribution in [-0.4, -0.2) is 11.9 Å². The summed E-state index contributed by atoms with van der Waals surface area (Å²) in [5.41, 5.74) is 0.351. The maximum Gasteiger partial charge on any atom is 0.172 e. The van der Waals surface area contributed by atoms with Crippen molar-refractivity contribution < 1.29 is 9.53 Å². The number of rotatable bonds is 5. The highest BCUT2D eigenvalue weighted by atomic mass is 16.5. The molecule has 0 unspecified atom stereocenters. The molecule has 0 amide bonds. The highest BCUT2D eigenvalue weighted by Crippen LogP contribution is 2.30. The van der Waals surface area contributed by atoms with Gasteiger partial charge in [0.25, 0.3) is 0 Å². The van der Waals surface area contributed by atoms with Crippen LogP contribution in [0.5, 0.6) is 5.75 Å². The van der Waals surface area contributed by atoms with Crippen molar-refractivity contribution in [2.75, 3.05) is 0 Å². The lowest BCUT2D eigenvalue weighted by atomic mass is 9.82. The van der Waals surface area contributed by atoms with Gasteiger partial charge in [-0.3, -0.25) is 4.79 Å². The Kier molecular flexibility index (Phi) is 4.33. The number of carbonyl (C=O) groups is 1. The first-order valence-corrected chi connectivity index (χ1v) is 6.19. The summed E-state index contributed by atoms with van der Waals surface area (Å²) in [6, 6.07) is 7.48. The van der Waals surface area contributed by atoms with Crippen molar-refractivity contribution in [2.24, 2.45) is 5.41 Å². The van der Waals surface area contributed by atoms with E-state index in [2.05, 4.69) is 0 Å². The molecular formula is C15H22O2. The molecule has 0 atom stereocenters. The molecule has 0 radical (unpaired) electrons. The van der Waals surface area contributed by atoms with Crippen LogP contribution in [0.2, 0.25) is 0 Å². The third-order valence-corrected chi connectivity index (χ3v) is 2.99. The second-order valence-corrected chi connectivity index (χ2v) is 5.23. The van der Waals surface area contributed by atoms with Crippen LogP contribution in [0.15, 0.2) is 24.3 Å². The summed E-state index contributed by atoms with van der Waals surface area (Å²) in [6.45, 7) is 9.91. The van der Waals surface area contributed by atoms with E-state index in [1.165, 1.54) is 0 Å². The Morgan fingerprint density at radius 1 is 1.29 bits per heavy atom. The Balaban J connectivity index is 3.09. The zero-order valence-corrected chi connectivity index (χ0v) is 11.4. The van der Waals surface area contributed by atoms with Gasteiger partial charge in [-0.1, -0.05) is 32.9 Å². The maximum atomic E-state index is 12.4. The fourth-order valence-corrected chi connectivity index (χ4v) is 1.54. The van der Waals surface area contributed by atoms with Gasteiger partial charge >= 0.3 is 0 Å². The van der Waals surface area contributed by atoms with Gasteiger partial charge in [-0.25, -0.2) is 0 Å². The van der Waals surface area contributed by atoms with Gasteiger partial charge in [0.05, 0.1) is 11.7 Å². The number of benzene rings is 1. The number of hydrogen-bond donors (Lipinski definition) is 0. The van der Waals surface area contributed by atoms with Crippen molar-refractivity contribution in [3.63, 3.8) is 0 Å². The van der Waals surface area contributed by atoms with E-state index in [4.69, 9.17) is 4.74 Å². The summed E-state index contributed by atoms with van der Waals surface area (Å²) in [6.07, 6.45) is 0.899. The average Bonchev–Trinajstić information content (AvgIpc) is 2.28. The molecule has 0 heterocycles. The van der Waals surface area contributed by atoms with E-state index in [-0.39, 0.29) is 17.3 Å². The summed E-state index contributed by atoms with van der Waals surface area (Å²) >= 11 is 0. The lowest BCUT2D eigenvalue weighted by Crippen LogP contribution is -2.24. The van der Waals surface area contributed by atoms with Gasteiger partial charge in [0.15, 0.2) is 5.78 Å². The van der Waals surface area contributed by atoms with E-state index < -0.39 is 0 Å². The molecule has 0 spiro atoms. The number of para-hydroxylation sites is 1. The minimum Gasteiger partial charge on any atom is -0.490 e. The van der Waals surface area contributed by atoms with E-state index >= 15 is 0 Å². The van der Waals surface area contributed by atoms with Crippen molar-refractivity contribution in [1.82, 2.24) is 0 Å². The average molecular weight is 234 g/mol. The monoisotopic (exact) mass is 234 g/mol. The largest absolute Gasteiger partial charge is 0.490 e. The van der Waals surface area contributed by atoms with Gasteiger partial charge in [0.1, 0.15) is 5.75 Å². The van der Waals surface area contributed by atoms with E-state index in [0.717, 1.165) is 6.42 Å². The molecule has 0 aliphatic rings. The lowest BCUT2D eigenvalue weighted by Gasteiger charge is -2.23. The number of ether oxygens (including phenoxy) is 1. The molecule has 94 valence electrons. The van der Waals surface area contributed by atoms with Crippen LogP contribution < -0.4 is 4.74 Å². The minimum absolute atomic E-state index is 0.0775. The molecular weight excluding hydrogens is 212 g/mol. The van der Waals surface area contributed by atoms with Crippen LogP contribution in [0.1, 0.15) is 51.4 Å². The van der Waals surface area contributed by atoms with Crippen LogP contribution in [0.3, 0.4) is 0 Å². The van der Waals surface area contributed by atoms with Gasteiger partial charge in [0.2, 0.25) is 0 Å². The molecule has 0 aliphatic carbocycles. The molecule has 1 rings (SSSR count). The Hall–Kier alpha value is -1.31.